The number of hydrogen-bond donors (Lipinski definition) is 0. The average Bonchev–Trinajstić information content (AvgIpc) is 2.27. The number of carbonyl (C=O) groups excluding carboxylic acids is 2. The number of nitrogens with zero attached hydrogens (tertiary/aromatic N) is 1. The zero-order valence-corrected chi connectivity index (χ0v) is 11.7. The van der Waals surface area contributed by atoms with E-state index in [1.54, 1.807) is 0 Å². The van der Waals surface area contributed by atoms with Gasteiger partial charge in [-0.3, -0.25) is 9.59 Å². The monoisotopic (exact) mass is 335 g/mol. The third-order valence-electron chi connectivity index (χ3n) is 2.60. The molecule has 8 heteroatoms. The Morgan fingerprint density at radius 1 is 1.28 bits per heavy atom. The van der Waals surface area contributed by atoms with Crippen molar-refractivity contribution in [2.45, 2.75) is 38.7 Å². The molecular weight excluding hydrogens is 322 g/mol. The minimum atomic E-state index is -4.79. The molecule has 0 spiro atoms. The summed E-state index contributed by atoms with van der Waals surface area (Å²) in [7, 11) is 0. The SMILES string of the molecule is CCN(C(=O)C(F)(F)C(F)F)C(C)(C)C(=O)CBr. The number of alkyl halides is 5. The molecular formula is C10H14BrF4NO2. The summed E-state index contributed by atoms with van der Waals surface area (Å²) < 4.78 is 50.3. The molecule has 0 aliphatic rings. The van der Waals surface area contributed by atoms with E-state index >= 15 is 0 Å². The smallest absolute Gasteiger partial charge is 0.325 e. The van der Waals surface area contributed by atoms with E-state index in [1.165, 1.54) is 20.8 Å². The van der Waals surface area contributed by atoms with Crippen LogP contribution in [0.25, 0.3) is 0 Å². The van der Waals surface area contributed by atoms with Crippen molar-refractivity contribution in [3.8, 4) is 0 Å². The lowest BCUT2D eigenvalue weighted by Crippen LogP contribution is -2.59. The van der Waals surface area contributed by atoms with Crippen molar-refractivity contribution in [2.24, 2.45) is 0 Å². The van der Waals surface area contributed by atoms with E-state index in [1.807, 2.05) is 0 Å². The van der Waals surface area contributed by atoms with Crippen LogP contribution in [0.4, 0.5) is 17.6 Å². The van der Waals surface area contributed by atoms with Gasteiger partial charge in [-0.05, 0) is 20.8 Å². The molecule has 0 bridgehead atoms. The maximum Gasteiger partial charge on any atom is 0.383 e. The Balaban J connectivity index is 5.35. The normalized spacial score (nSPS) is 12.7. The summed E-state index contributed by atoms with van der Waals surface area (Å²) in [4.78, 5) is 23.5. The molecule has 0 saturated carbocycles. The van der Waals surface area contributed by atoms with Crippen LogP contribution in [0.3, 0.4) is 0 Å². The molecule has 0 rings (SSSR count). The van der Waals surface area contributed by atoms with Crippen LogP contribution in [0, 0.1) is 0 Å². The van der Waals surface area contributed by atoms with Crippen molar-refractivity contribution >= 4 is 27.6 Å². The second-order valence-corrected chi connectivity index (χ2v) is 4.65. The standard InChI is InChI=1S/C10H14BrF4NO2/c1-4-16(9(2,3)6(17)5-11)8(18)10(14,15)7(12)13/h7H,4-5H2,1-3H3. The van der Waals surface area contributed by atoms with Crippen LogP contribution >= 0.6 is 15.9 Å². The lowest BCUT2D eigenvalue weighted by molar-refractivity contribution is -0.186. The molecule has 106 valence electrons. The zero-order chi connectivity index (χ0) is 14.7. The Morgan fingerprint density at radius 2 is 1.72 bits per heavy atom. The maximum atomic E-state index is 13.0. The van der Waals surface area contributed by atoms with Gasteiger partial charge in [0.05, 0.1) is 10.9 Å². The Kier molecular flexibility index (Phi) is 5.77. The molecule has 0 aromatic heterocycles. The largest absolute Gasteiger partial charge is 0.383 e. The second kappa shape index (κ2) is 5.99. The van der Waals surface area contributed by atoms with E-state index < -0.39 is 29.6 Å². The fourth-order valence-electron chi connectivity index (χ4n) is 1.38. The predicted molar refractivity (Wildman–Crippen MR) is 61.2 cm³/mol. The molecule has 1 amide bonds. The van der Waals surface area contributed by atoms with Gasteiger partial charge in [0.2, 0.25) is 0 Å². The summed E-state index contributed by atoms with van der Waals surface area (Å²) in [6.07, 6.45) is -4.10. The number of rotatable bonds is 6. The van der Waals surface area contributed by atoms with Crippen LogP contribution in [0.2, 0.25) is 0 Å². The number of likely N-dealkylation sites (N-methyl/N-ethyl adjacent to an activating group) is 1. The van der Waals surface area contributed by atoms with E-state index in [2.05, 4.69) is 15.9 Å². The number of ketones is 1. The molecule has 0 unspecified atom stereocenters. The summed E-state index contributed by atoms with van der Waals surface area (Å²) in [6.45, 7) is 3.54. The first-order valence-corrected chi connectivity index (χ1v) is 6.22. The molecule has 0 saturated heterocycles. The highest BCUT2D eigenvalue weighted by molar-refractivity contribution is 9.09. The maximum absolute atomic E-state index is 13.0. The van der Waals surface area contributed by atoms with Gasteiger partial charge in [-0.25, -0.2) is 8.78 Å². The number of halogens is 5. The van der Waals surface area contributed by atoms with Crippen LogP contribution in [0.1, 0.15) is 20.8 Å². The van der Waals surface area contributed by atoms with Crippen molar-refractivity contribution in [3.63, 3.8) is 0 Å². The van der Waals surface area contributed by atoms with Gasteiger partial charge in [0, 0.05) is 6.54 Å². The highest BCUT2D eigenvalue weighted by atomic mass is 79.9. The molecule has 0 radical (unpaired) electrons. The fourth-order valence-corrected chi connectivity index (χ4v) is 2.07. The Hall–Kier alpha value is -0.660. The number of Topliss-reactive ketones (excluding diaryl/α,β-unsaturated/α-hetero) is 1. The third kappa shape index (κ3) is 3.21. The topological polar surface area (TPSA) is 37.4 Å². The van der Waals surface area contributed by atoms with Gasteiger partial charge in [-0.1, -0.05) is 15.9 Å². The average molecular weight is 336 g/mol. The molecule has 0 aliphatic carbocycles. The first-order valence-electron chi connectivity index (χ1n) is 5.10. The molecule has 0 fully saturated rings. The second-order valence-electron chi connectivity index (χ2n) is 4.09. The summed E-state index contributed by atoms with van der Waals surface area (Å²) in [5, 5.41) is -0.163. The summed E-state index contributed by atoms with van der Waals surface area (Å²) in [5.41, 5.74) is -1.58. The zero-order valence-electron chi connectivity index (χ0n) is 10.1. The van der Waals surface area contributed by atoms with E-state index in [4.69, 9.17) is 0 Å². The number of hydrogen-bond acceptors (Lipinski definition) is 2. The van der Waals surface area contributed by atoms with Gasteiger partial charge in [0.1, 0.15) is 0 Å². The van der Waals surface area contributed by atoms with Crippen molar-refractivity contribution in [2.75, 3.05) is 11.9 Å². The molecule has 0 aliphatic heterocycles. The molecule has 0 N–H and O–H groups in total. The van der Waals surface area contributed by atoms with Gasteiger partial charge < -0.3 is 4.90 Å². The minimum absolute atomic E-state index is 0.163. The van der Waals surface area contributed by atoms with Crippen molar-refractivity contribution in [3.05, 3.63) is 0 Å². The number of amides is 1. The molecule has 0 aromatic carbocycles. The number of carbonyl (C=O) groups is 2. The first-order chi connectivity index (χ1) is 8.03. The Morgan fingerprint density at radius 3 is 2.00 bits per heavy atom. The van der Waals surface area contributed by atoms with E-state index in [0.717, 1.165) is 0 Å². The van der Waals surface area contributed by atoms with Gasteiger partial charge >= 0.3 is 12.3 Å². The molecule has 3 nitrogen and oxygen atoms in total. The lowest BCUT2D eigenvalue weighted by atomic mass is 9.96. The lowest BCUT2D eigenvalue weighted by Gasteiger charge is -2.37. The highest BCUT2D eigenvalue weighted by Crippen LogP contribution is 2.29. The quantitative estimate of drug-likeness (QED) is 0.552. The van der Waals surface area contributed by atoms with Crippen LogP contribution in [0.5, 0.6) is 0 Å². The summed E-state index contributed by atoms with van der Waals surface area (Å²) in [6, 6.07) is 0. The first kappa shape index (κ1) is 17.3. The van der Waals surface area contributed by atoms with Crippen molar-refractivity contribution in [1.29, 1.82) is 0 Å². The van der Waals surface area contributed by atoms with Crippen LogP contribution < -0.4 is 0 Å². The highest BCUT2D eigenvalue weighted by Gasteiger charge is 2.54. The Labute approximate surface area is 111 Å². The van der Waals surface area contributed by atoms with E-state index in [9.17, 15) is 27.2 Å². The molecule has 0 atom stereocenters. The fraction of sp³-hybridized carbons (Fsp3) is 0.800. The molecule has 18 heavy (non-hydrogen) atoms. The molecule has 0 aromatic rings. The van der Waals surface area contributed by atoms with Crippen LogP contribution in [-0.4, -0.2) is 46.4 Å². The summed E-state index contributed by atoms with van der Waals surface area (Å²) in [5.74, 6) is -7.39. The summed E-state index contributed by atoms with van der Waals surface area (Å²) >= 11 is 2.85. The predicted octanol–water partition coefficient (Wildman–Crippen LogP) is 2.48. The van der Waals surface area contributed by atoms with Gasteiger partial charge in [-0.2, -0.15) is 8.78 Å². The van der Waals surface area contributed by atoms with Gasteiger partial charge in [-0.15, -0.1) is 0 Å². The Bertz CT molecular complexity index is 334. The van der Waals surface area contributed by atoms with Gasteiger partial charge in [0.15, 0.2) is 5.78 Å². The van der Waals surface area contributed by atoms with Gasteiger partial charge in [0.25, 0.3) is 5.91 Å². The molecule has 0 heterocycles. The van der Waals surface area contributed by atoms with Crippen molar-refractivity contribution in [1.82, 2.24) is 4.90 Å². The van der Waals surface area contributed by atoms with Crippen LogP contribution in [0.15, 0.2) is 0 Å². The van der Waals surface area contributed by atoms with E-state index in [-0.39, 0.29) is 11.9 Å². The van der Waals surface area contributed by atoms with E-state index in [0.29, 0.717) is 4.90 Å². The van der Waals surface area contributed by atoms with Crippen molar-refractivity contribution < 1.29 is 27.2 Å². The minimum Gasteiger partial charge on any atom is -0.325 e. The van der Waals surface area contributed by atoms with Crippen LogP contribution in [-0.2, 0) is 9.59 Å². The third-order valence-corrected chi connectivity index (χ3v) is 3.11.